The molecule has 0 atom stereocenters. The Balaban J connectivity index is 0.000000621. The van der Waals surface area contributed by atoms with Crippen LogP contribution in [-0.4, -0.2) is 23.5 Å². The molecule has 20 heavy (non-hydrogen) atoms. The predicted molar refractivity (Wildman–Crippen MR) is 82.8 cm³/mol. The van der Waals surface area contributed by atoms with Crippen molar-refractivity contribution >= 4 is 18.1 Å². The van der Waals surface area contributed by atoms with E-state index in [1.54, 1.807) is 0 Å². The van der Waals surface area contributed by atoms with Crippen molar-refractivity contribution in [3.8, 4) is 0 Å². The van der Waals surface area contributed by atoms with E-state index in [9.17, 15) is 17.3 Å². The molecule has 116 valence electrons. The number of hydrogen-bond acceptors (Lipinski definition) is 0. The first kappa shape index (κ1) is 19.4. The first-order valence-corrected chi connectivity index (χ1v) is 8.23. The third-order valence-corrected chi connectivity index (χ3v) is 5.78. The van der Waals surface area contributed by atoms with Gasteiger partial charge in [-0.1, -0.05) is 30.3 Å². The summed E-state index contributed by atoms with van der Waals surface area (Å²) in [4.78, 5) is 0. The number of rotatable bonds is 5. The molecule has 0 unspecified atom stereocenters. The fourth-order valence-electron chi connectivity index (χ4n) is 1.90. The molecule has 0 aliphatic rings. The van der Waals surface area contributed by atoms with Gasteiger partial charge in [-0.25, -0.2) is 0 Å². The zero-order valence-electron chi connectivity index (χ0n) is 12.5. The number of halogens is 4. The van der Waals surface area contributed by atoms with Crippen LogP contribution < -0.4 is 0 Å². The van der Waals surface area contributed by atoms with Gasteiger partial charge in [0.1, 0.15) is 16.3 Å². The molecule has 1 rings (SSSR count). The lowest BCUT2D eigenvalue weighted by molar-refractivity contribution is 0.368. The Hall–Kier alpha value is -0.645. The van der Waals surface area contributed by atoms with Gasteiger partial charge in [0.05, 0.1) is 0 Å². The van der Waals surface area contributed by atoms with Crippen molar-refractivity contribution in [2.75, 3.05) is 5.75 Å². The molecule has 0 bridgehead atoms. The molecule has 0 spiro atoms. The average molecular weight is 310 g/mol. The van der Waals surface area contributed by atoms with Gasteiger partial charge in [-0.05, 0) is 44.2 Å². The minimum Gasteiger partial charge on any atom is -0.418 e. The topological polar surface area (TPSA) is 0 Å². The van der Waals surface area contributed by atoms with Crippen LogP contribution in [0.25, 0.3) is 0 Å². The van der Waals surface area contributed by atoms with Gasteiger partial charge in [0, 0.05) is 6.42 Å². The SMILES string of the molecule is CC(C)[S+](CCc1ccccc1)C(C)C.F[B-](F)(F)F. The van der Waals surface area contributed by atoms with Gasteiger partial charge in [0.25, 0.3) is 0 Å². The summed E-state index contributed by atoms with van der Waals surface area (Å²) in [5, 5.41) is 1.66. The molecule has 0 saturated carbocycles. The van der Waals surface area contributed by atoms with Gasteiger partial charge >= 0.3 is 7.25 Å². The van der Waals surface area contributed by atoms with Gasteiger partial charge in [-0.15, -0.1) is 0 Å². The molecule has 0 radical (unpaired) electrons. The van der Waals surface area contributed by atoms with Crippen molar-refractivity contribution in [3.05, 3.63) is 35.9 Å². The first-order chi connectivity index (χ1) is 9.11. The molecule has 0 aliphatic heterocycles. The van der Waals surface area contributed by atoms with E-state index in [1.807, 2.05) is 0 Å². The normalized spacial score (nSPS) is 11.8. The largest absolute Gasteiger partial charge is 0.673 e. The molecule has 0 saturated heterocycles. The molecular formula is C14H23BF4S. The van der Waals surface area contributed by atoms with Crippen molar-refractivity contribution < 1.29 is 17.3 Å². The van der Waals surface area contributed by atoms with Crippen LogP contribution in [-0.2, 0) is 17.3 Å². The van der Waals surface area contributed by atoms with Crippen molar-refractivity contribution in [1.29, 1.82) is 0 Å². The fourth-order valence-corrected chi connectivity index (χ4v) is 4.40. The predicted octanol–water partition coefficient (Wildman–Crippen LogP) is 4.96. The van der Waals surface area contributed by atoms with Gasteiger partial charge in [0.2, 0.25) is 0 Å². The summed E-state index contributed by atoms with van der Waals surface area (Å²) in [5.74, 6) is 1.35. The molecule has 0 fully saturated rings. The molecule has 0 amide bonds. The summed E-state index contributed by atoms with van der Waals surface area (Å²) in [7, 11) is -5.43. The molecule has 0 aliphatic carbocycles. The Morgan fingerprint density at radius 1 is 0.900 bits per heavy atom. The standard InChI is InChI=1S/C14H23S.BF4/c1-12(2)15(13(3)4)11-10-14-8-6-5-7-9-14;2-1(3,4)5/h5-9,12-13H,10-11H2,1-4H3;/q+1;-1. The van der Waals surface area contributed by atoms with Crippen LogP contribution in [0, 0.1) is 0 Å². The maximum atomic E-state index is 9.75. The van der Waals surface area contributed by atoms with Crippen LogP contribution in [0.3, 0.4) is 0 Å². The summed E-state index contributed by atoms with van der Waals surface area (Å²) in [6.07, 6.45) is 1.24. The zero-order valence-corrected chi connectivity index (χ0v) is 13.3. The maximum Gasteiger partial charge on any atom is 0.673 e. The van der Waals surface area contributed by atoms with E-state index in [4.69, 9.17) is 0 Å². The second kappa shape index (κ2) is 9.32. The van der Waals surface area contributed by atoms with Crippen LogP contribution in [0.5, 0.6) is 0 Å². The smallest absolute Gasteiger partial charge is 0.418 e. The molecule has 0 N–H and O–H groups in total. The van der Waals surface area contributed by atoms with Crippen LogP contribution in [0.4, 0.5) is 17.3 Å². The lowest BCUT2D eigenvalue weighted by Gasteiger charge is -2.15. The Labute approximate surface area is 122 Å². The second-order valence-electron chi connectivity index (χ2n) is 5.00. The highest BCUT2D eigenvalue weighted by atomic mass is 32.2. The van der Waals surface area contributed by atoms with E-state index in [1.165, 1.54) is 17.7 Å². The quantitative estimate of drug-likeness (QED) is 0.409. The van der Waals surface area contributed by atoms with E-state index >= 15 is 0 Å². The van der Waals surface area contributed by atoms with Crippen LogP contribution in [0.2, 0.25) is 0 Å². The highest BCUT2D eigenvalue weighted by Crippen LogP contribution is 2.15. The highest BCUT2D eigenvalue weighted by molar-refractivity contribution is 7.97. The van der Waals surface area contributed by atoms with Crippen LogP contribution in [0.15, 0.2) is 30.3 Å². The summed E-state index contributed by atoms with van der Waals surface area (Å²) < 4.78 is 39.0. The zero-order chi connectivity index (χ0) is 15.8. The van der Waals surface area contributed by atoms with E-state index in [0.29, 0.717) is 10.9 Å². The van der Waals surface area contributed by atoms with Crippen LogP contribution in [0.1, 0.15) is 33.3 Å². The summed E-state index contributed by atoms with van der Waals surface area (Å²) in [6, 6.07) is 10.8. The maximum absolute atomic E-state index is 9.75. The van der Waals surface area contributed by atoms with Crippen molar-refractivity contribution in [2.45, 2.75) is 44.6 Å². The van der Waals surface area contributed by atoms with Gasteiger partial charge < -0.3 is 17.3 Å². The molecule has 0 heterocycles. The Bertz CT molecular complexity index is 338. The molecule has 6 heteroatoms. The van der Waals surface area contributed by atoms with Crippen molar-refractivity contribution in [2.24, 2.45) is 0 Å². The lowest BCUT2D eigenvalue weighted by atomic mass is 10.2. The number of hydrogen-bond donors (Lipinski definition) is 0. The van der Waals surface area contributed by atoms with Crippen molar-refractivity contribution in [1.82, 2.24) is 0 Å². The molecule has 0 aromatic heterocycles. The van der Waals surface area contributed by atoms with Crippen LogP contribution >= 0.6 is 0 Å². The van der Waals surface area contributed by atoms with E-state index < -0.39 is 7.25 Å². The van der Waals surface area contributed by atoms with Gasteiger partial charge in [-0.2, -0.15) is 0 Å². The summed E-state index contributed by atoms with van der Waals surface area (Å²) in [5.41, 5.74) is 1.48. The molecular weight excluding hydrogens is 287 g/mol. The van der Waals surface area contributed by atoms with E-state index in [0.717, 1.165) is 10.5 Å². The van der Waals surface area contributed by atoms with Crippen molar-refractivity contribution in [3.63, 3.8) is 0 Å². The minimum absolute atomic E-state index is 0.572. The fraction of sp³-hybridized carbons (Fsp3) is 0.571. The number of benzene rings is 1. The Morgan fingerprint density at radius 2 is 1.30 bits per heavy atom. The van der Waals surface area contributed by atoms with Gasteiger partial charge in [0.15, 0.2) is 0 Å². The molecule has 1 aromatic carbocycles. The average Bonchev–Trinajstić information content (AvgIpc) is 2.27. The molecule has 1 aromatic rings. The third kappa shape index (κ3) is 11.2. The van der Waals surface area contributed by atoms with Gasteiger partial charge in [-0.3, -0.25) is 0 Å². The van der Waals surface area contributed by atoms with E-state index in [2.05, 4.69) is 58.0 Å². The van der Waals surface area contributed by atoms with E-state index in [-0.39, 0.29) is 0 Å². The Morgan fingerprint density at radius 3 is 1.65 bits per heavy atom. The lowest BCUT2D eigenvalue weighted by Crippen LogP contribution is -2.28. The number of aryl methyl sites for hydroxylation is 1. The molecule has 0 nitrogen and oxygen atoms in total. The third-order valence-electron chi connectivity index (χ3n) is 2.68. The Kier molecular flexibility index (Phi) is 9.02. The first-order valence-electron chi connectivity index (χ1n) is 6.71. The monoisotopic (exact) mass is 310 g/mol. The summed E-state index contributed by atoms with van der Waals surface area (Å²) in [6.45, 7) is 9.42. The highest BCUT2D eigenvalue weighted by Gasteiger charge is 2.26. The summed E-state index contributed by atoms with van der Waals surface area (Å²) >= 11 is 0. The minimum atomic E-state index is -6.00. The second-order valence-corrected chi connectivity index (χ2v) is 8.23.